The molecule has 1 unspecified atom stereocenters. The molecule has 0 spiro atoms. The Bertz CT molecular complexity index is 250. The van der Waals surface area contributed by atoms with Crippen LogP contribution in [0.5, 0.6) is 0 Å². The van der Waals surface area contributed by atoms with Crippen molar-refractivity contribution in [1.29, 1.82) is 0 Å². The fourth-order valence-corrected chi connectivity index (χ4v) is 2.22. The highest BCUT2D eigenvalue weighted by Gasteiger charge is 2.16. The number of H-pyrrole nitrogens is 1. The maximum absolute atomic E-state index is 3.97. The van der Waals surface area contributed by atoms with Crippen LogP contribution in [-0.2, 0) is 0 Å². The van der Waals surface area contributed by atoms with E-state index in [1.54, 1.807) is 0 Å². The van der Waals surface area contributed by atoms with Crippen LogP contribution in [0.4, 0.5) is 0 Å². The van der Waals surface area contributed by atoms with Gasteiger partial charge in [-0.15, -0.1) is 0 Å². The van der Waals surface area contributed by atoms with Gasteiger partial charge in [-0.1, -0.05) is 19.3 Å². The van der Waals surface area contributed by atoms with Gasteiger partial charge in [-0.3, -0.25) is 5.10 Å². The molecule has 1 fully saturated rings. The van der Waals surface area contributed by atoms with Crippen LogP contribution >= 0.6 is 0 Å². The van der Waals surface area contributed by atoms with Crippen molar-refractivity contribution in [2.45, 2.75) is 51.1 Å². The first-order valence-corrected chi connectivity index (χ1v) is 5.61. The molecular formula is C11H19N3. The van der Waals surface area contributed by atoms with E-state index in [9.17, 15) is 0 Å². The van der Waals surface area contributed by atoms with Gasteiger partial charge in [0, 0.05) is 18.3 Å². The number of hydrogen-bond acceptors (Lipinski definition) is 2. The van der Waals surface area contributed by atoms with Gasteiger partial charge < -0.3 is 5.32 Å². The molecule has 0 aromatic carbocycles. The molecule has 3 nitrogen and oxygen atoms in total. The first-order chi connectivity index (χ1) is 6.86. The minimum Gasteiger partial charge on any atom is -0.306 e. The van der Waals surface area contributed by atoms with Crippen molar-refractivity contribution < 1.29 is 0 Å². The number of nitrogens with zero attached hydrogens (tertiary/aromatic N) is 1. The van der Waals surface area contributed by atoms with Crippen molar-refractivity contribution >= 4 is 0 Å². The topological polar surface area (TPSA) is 40.7 Å². The number of nitrogens with one attached hydrogen (secondary N) is 2. The second-order valence-corrected chi connectivity index (χ2v) is 4.24. The maximum atomic E-state index is 3.97. The third-order valence-electron chi connectivity index (χ3n) is 3.08. The van der Waals surface area contributed by atoms with Crippen molar-refractivity contribution in [3.05, 3.63) is 18.0 Å². The zero-order valence-electron chi connectivity index (χ0n) is 8.79. The highest BCUT2D eigenvalue weighted by atomic mass is 15.1. The molecule has 14 heavy (non-hydrogen) atoms. The molecule has 2 rings (SSSR count). The van der Waals surface area contributed by atoms with Crippen LogP contribution in [0.25, 0.3) is 0 Å². The normalized spacial score (nSPS) is 20.9. The van der Waals surface area contributed by atoms with Crippen molar-refractivity contribution in [1.82, 2.24) is 15.5 Å². The van der Waals surface area contributed by atoms with E-state index in [4.69, 9.17) is 0 Å². The van der Waals surface area contributed by atoms with Crippen molar-refractivity contribution in [3.63, 3.8) is 0 Å². The van der Waals surface area contributed by atoms with Gasteiger partial charge in [0.1, 0.15) is 0 Å². The molecule has 1 aromatic rings. The van der Waals surface area contributed by atoms with Crippen LogP contribution in [-0.4, -0.2) is 16.2 Å². The summed E-state index contributed by atoms with van der Waals surface area (Å²) in [5.41, 5.74) is 1.19. The van der Waals surface area contributed by atoms with E-state index >= 15 is 0 Å². The largest absolute Gasteiger partial charge is 0.306 e. The standard InChI is InChI=1S/C11H19N3/c1-9(11-7-8-12-14-11)13-10-5-3-2-4-6-10/h7-10,13H,2-6H2,1H3,(H,12,14). The van der Waals surface area contributed by atoms with Gasteiger partial charge in [-0.25, -0.2) is 0 Å². The molecule has 0 amide bonds. The summed E-state index contributed by atoms with van der Waals surface area (Å²) in [6, 6.07) is 3.16. The lowest BCUT2D eigenvalue weighted by Gasteiger charge is -2.26. The minimum atomic E-state index is 0.403. The van der Waals surface area contributed by atoms with Crippen LogP contribution in [0.3, 0.4) is 0 Å². The summed E-state index contributed by atoms with van der Waals surface area (Å²) in [6.45, 7) is 2.20. The summed E-state index contributed by atoms with van der Waals surface area (Å²) in [7, 11) is 0. The van der Waals surface area contributed by atoms with Crippen LogP contribution < -0.4 is 5.32 Å². The van der Waals surface area contributed by atoms with E-state index in [1.165, 1.54) is 37.8 Å². The Morgan fingerprint density at radius 1 is 1.43 bits per heavy atom. The molecule has 1 aliphatic carbocycles. The minimum absolute atomic E-state index is 0.403. The Morgan fingerprint density at radius 3 is 2.86 bits per heavy atom. The van der Waals surface area contributed by atoms with Crippen LogP contribution in [0.2, 0.25) is 0 Å². The monoisotopic (exact) mass is 193 g/mol. The van der Waals surface area contributed by atoms with Gasteiger partial charge in [0.2, 0.25) is 0 Å². The molecule has 78 valence electrons. The Hall–Kier alpha value is -0.830. The van der Waals surface area contributed by atoms with Crippen molar-refractivity contribution in [3.8, 4) is 0 Å². The lowest BCUT2D eigenvalue weighted by atomic mass is 9.95. The first-order valence-electron chi connectivity index (χ1n) is 5.61. The average Bonchev–Trinajstić information content (AvgIpc) is 2.72. The highest BCUT2D eigenvalue weighted by Crippen LogP contribution is 2.20. The summed E-state index contributed by atoms with van der Waals surface area (Å²) in [4.78, 5) is 0. The van der Waals surface area contributed by atoms with Gasteiger partial charge >= 0.3 is 0 Å². The van der Waals surface area contributed by atoms with Gasteiger partial charge in [0.05, 0.1) is 5.69 Å². The Morgan fingerprint density at radius 2 is 2.21 bits per heavy atom. The zero-order chi connectivity index (χ0) is 9.80. The highest BCUT2D eigenvalue weighted by molar-refractivity contribution is 5.03. The molecular weight excluding hydrogens is 174 g/mol. The van der Waals surface area contributed by atoms with E-state index in [0.29, 0.717) is 12.1 Å². The Labute approximate surface area is 85.3 Å². The van der Waals surface area contributed by atoms with Crippen molar-refractivity contribution in [2.75, 3.05) is 0 Å². The van der Waals surface area contributed by atoms with E-state index in [1.807, 2.05) is 12.3 Å². The van der Waals surface area contributed by atoms with Gasteiger partial charge in [0.25, 0.3) is 0 Å². The fourth-order valence-electron chi connectivity index (χ4n) is 2.22. The number of rotatable bonds is 3. The Balaban J connectivity index is 1.84. The molecule has 3 heteroatoms. The molecule has 1 aromatic heterocycles. The Kier molecular flexibility index (Phi) is 3.19. The second-order valence-electron chi connectivity index (χ2n) is 4.24. The number of aromatic amines is 1. The van der Waals surface area contributed by atoms with Gasteiger partial charge in [-0.2, -0.15) is 5.10 Å². The molecule has 1 aliphatic rings. The molecule has 0 saturated heterocycles. The van der Waals surface area contributed by atoms with E-state index in [-0.39, 0.29) is 0 Å². The van der Waals surface area contributed by atoms with Crippen molar-refractivity contribution in [2.24, 2.45) is 0 Å². The predicted molar refractivity (Wildman–Crippen MR) is 57.0 cm³/mol. The number of hydrogen-bond donors (Lipinski definition) is 2. The summed E-state index contributed by atoms with van der Waals surface area (Å²) in [5, 5.41) is 10.6. The smallest absolute Gasteiger partial charge is 0.0518 e. The van der Waals surface area contributed by atoms with Gasteiger partial charge in [0.15, 0.2) is 0 Å². The second kappa shape index (κ2) is 4.60. The summed E-state index contributed by atoms with van der Waals surface area (Å²) >= 11 is 0. The third kappa shape index (κ3) is 2.35. The quantitative estimate of drug-likeness (QED) is 0.774. The molecule has 2 N–H and O–H groups in total. The lowest BCUT2D eigenvalue weighted by Crippen LogP contribution is -2.33. The first kappa shape index (κ1) is 9.71. The molecule has 0 bridgehead atoms. The average molecular weight is 193 g/mol. The molecule has 1 heterocycles. The summed E-state index contributed by atoms with van der Waals surface area (Å²) in [5.74, 6) is 0. The lowest BCUT2D eigenvalue weighted by molar-refractivity contribution is 0.344. The molecule has 1 saturated carbocycles. The van der Waals surface area contributed by atoms with Crippen LogP contribution in [0.15, 0.2) is 12.3 Å². The van der Waals surface area contributed by atoms with Gasteiger partial charge in [-0.05, 0) is 25.8 Å². The fraction of sp³-hybridized carbons (Fsp3) is 0.727. The third-order valence-corrected chi connectivity index (χ3v) is 3.08. The molecule has 0 radical (unpaired) electrons. The van der Waals surface area contributed by atoms with Crippen LogP contribution in [0.1, 0.15) is 50.8 Å². The zero-order valence-corrected chi connectivity index (χ0v) is 8.79. The maximum Gasteiger partial charge on any atom is 0.0518 e. The summed E-state index contributed by atoms with van der Waals surface area (Å²) < 4.78 is 0. The van der Waals surface area contributed by atoms with E-state index < -0.39 is 0 Å². The van der Waals surface area contributed by atoms with E-state index in [0.717, 1.165) is 0 Å². The van der Waals surface area contributed by atoms with Crippen LogP contribution in [0, 0.1) is 0 Å². The predicted octanol–water partition coefficient (Wildman–Crippen LogP) is 2.39. The summed E-state index contributed by atoms with van der Waals surface area (Å²) in [6.07, 6.45) is 8.66. The number of aromatic nitrogens is 2. The molecule has 1 atom stereocenters. The van der Waals surface area contributed by atoms with E-state index in [2.05, 4.69) is 22.4 Å². The molecule has 0 aliphatic heterocycles. The SMILES string of the molecule is CC(NC1CCCCC1)c1ccn[nH]1.